The summed E-state index contributed by atoms with van der Waals surface area (Å²) in [6.45, 7) is 8.65. The van der Waals surface area contributed by atoms with Gasteiger partial charge in [0.15, 0.2) is 5.34 Å². The van der Waals surface area contributed by atoms with Crippen molar-refractivity contribution in [3.05, 3.63) is 174 Å². The third kappa shape index (κ3) is 14.0. The molecule has 5 aliphatic rings. The highest BCUT2D eigenvalue weighted by Gasteiger charge is 2.60. The highest BCUT2D eigenvalue weighted by atomic mass is 31.2. The van der Waals surface area contributed by atoms with Crippen molar-refractivity contribution in [2.75, 3.05) is 40.5 Å². The lowest BCUT2D eigenvalue weighted by Crippen LogP contribution is -2.55. The third-order valence-corrected chi connectivity index (χ3v) is 20.7. The van der Waals surface area contributed by atoms with Gasteiger partial charge in [0.2, 0.25) is 11.8 Å². The van der Waals surface area contributed by atoms with E-state index in [1.807, 2.05) is 119 Å². The average molecular weight is 1200 g/mol. The molecule has 5 fully saturated rings. The van der Waals surface area contributed by atoms with E-state index < -0.39 is 48.7 Å². The maximum atomic E-state index is 14.2. The number of rotatable bonds is 29. The number of nitrogens with one attached hydrogen (secondary N) is 3. The van der Waals surface area contributed by atoms with Crippen LogP contribution in [0.5, 0.6) is 11.5 Å². The first-order valence-corrected chi connectivity index (χ1v) is 31.3. The van der Waals surface area contributed by atoms with Crippen molar-refractivity contribution in [3.8, 4) is 17.6 Å². The Bertz CT molecular complexity index is 3260. The van der Waals surface area contributed by atoms with Crippen LogP contribution in [0.15, 0.2) is 125 Å². The van der Waals surface area contributed by atoms with Gasteiger partial charge < -0.3 is 39.2 Å². The average Bonchev–Trinajstić information content (AvgIpc) is 0.804. The quantitative estimate of drug-likeness (QED) is 0.00868. The molecule has 4 N–H and O–H groups in total. The fraction of sp³-hybridized carbons (Fsp3) is 0.500. The molecule has 458 valence electrons. The second-order valence-electron chi connectivity index (χ2n) is 24.4. The highest BCUT2D eigenvalue weighted by molar-refractivity contribution is 7.51. The monoisotopic (exact) mass is 1200 g/mol. The van der Waals surface area contributed by atoms with Crippen LogP contribution in [-0.4, -0.2) is 100 Å². The molecule has 2 heterocycles. The number of nitro groups is 1. The molecule has 1 aromatic heterocycles. The molecule has 4 saturated carbocycles. The van der Waals surface area contributed by atoms with Crippen LogP contribution < -0.4 is 31.4 Å². The number of H-pyrrole nitrogens is 1. The van der Waals surface area contributed by atoms with Crippen LogP contribution in [-0.2, 0) is 34.6 Å². The molecule has 19 nitrogen and oxygen atoms in total. The van der Waals surface area contributed by atoms with E-state index in [2.05, 4.69) is 26.4 Å². The minimum absolute atomic E-state index is 0.00350. The topological polar surface area (TPSA) is 250 Å². The van der Waals surface area contributed by atoms with Crippen LogP contribution in [0.2, 0.25) is 0 Å². The zero-order valence-corrected chi connectivity index (χ0v) is 51.1. The summed E-state index contributed by atoms with van der Waals surface area (Å²) in [5, 5.41) is 38.9. The number of nitrogens with zero attached hydrogens (tertiary/aromatic N) is 4. The van der Waals surface area contributed by atoms with E-state index in [1.54, 1.807) is 26.4 Å². The van der Waals surface area contributed by atoms with Crippen molar-refractivity contribution in [2.45, 2.75) is 152 Å². The van der Waals surface area contributed by atoms with Gasteiger partial charge in [-0.05, 0) is 154 Å². The summed E-state index contributed by atoms with van der Waals surface area (Å²) in [5.41, 5.74) is 0.616. The summed E-state index contributed by atoms with van der Waals surface area (Å²) in [4.78, 5) is 67.5. The molecular weight excluding hydrogens is 1110 g/mol. The van der Waals surface area contributed by atoms with E-state index in [0.29, 0.717) is 49.3 Å². The first kappa shape index (κ1) is 63.5. The number of unbranched alkanes of at least 4 members (excludes halogenated alkanes) is 3. The van der Waals surface area contributed by atoms with Crippen molar-refractivity contribution in [1.29, 1.82) is 5.26 Å². The number of nitro benzene ring substituents is 1. The molecule has 2 amide bonds. The fourth-order valence-electron chi connectivity index (χ4n) is 14.7. The first-order valence-electron chi connectivity index (χ1n) is 30.1. The van der Waals surface area contributed by atoms with Crippen molar-refractivity contribution >= 4 is 31.9 Å². The van der Waals surface area contributed by atoms with Crippen LogP contribution in [0.1, 0.15) is 145 Å². The lowest BCUT2D eigenvalue weighted by Gasteiger charge is -2.62. The van der Waals surface area contributed by atoms with Crippen molar-refractivity contribution in [2.24, 2.45) is 17.3 Å². The van der Waals surface area contributed by atoms with E-state index in [1.165, 1.54) is 34.8 Å². The fourth-order valence-corrected chi connectivity index (χ4v) is 17.2. The van der Waals surface area contributed by atoms with Gasteiger partial charge in [0.05, 0.1) is 50.5 Å². The smallest absolute Gasteiger partial charge is 0.330 e. The predicted octanol–water partition coefficient (Wildman–Crippen LogP) is 10.5. The van der Waals surface area contributed by atoms with Crippen LogP contribution in [0.25, 0.3) is 6.08 Å². The highest BCUT2D eigenvalue weighted by Crippen LogP contribution is 2.67. The number of non-ortho nitro benzene ring substituents is 1. The molecule has 5 aromatic rings. The second kappa shape index (κ2) is 27.8. The van der Waals surface area contributed by atoms with Crippen LogP contribution in [0.3, 0.4) is 0 Å². The molecule has 0 radical (unpaired) electrons. The third-order valence-electron chi connectivity index (χ3n) is 17.8. The Hall–Kier alpha value is -7.04. The number of benzene rings is 4. The molecule has 1 aliphatic heterocycles. The van der Waals surface area contributed by atoms with E-state index in [-0.39, 0.29) is 71.2 Å². The molecular formula is C66H82N7O12P. The number of hydrogen-bond donors (Lipinski definition) is 4. The van der Waals surface area contributed by atoms with Gasteiger partial charge in [-0.2, -0.15) is 5.26 Å². The minimum atomic E-state index is -2.06. The number of hydrogen-bond acceptors (Lipinski definition) is 14. The number of carbonyl (C=O) groups is 2. The Balaban J connectivity index is 0.875. The molecule has 10 rings (SSSR count). The molecule has 4 bridgehead atoms. The standard InChI is InChI=1S/C66H82N7O12P/c1-45(2)72(46(3)4)86(84-34-14-31-67)65(78)42-61(85-57(65)43-83-66(50-15-10-9-11-16-50,51-19-26-55(81-5)27-20-51)52-21-28-56(82-6)29-22-52)71-54(36-59(75)70-62(71)77)25-30-58(74)68-32-12-7-8-13-33-69-60(76)41-63-37-47-35-48(38-63)40-64(39-47,44-63)49-17-23-53(24-18-49)73(79)80/h9-11,15-30,36,45-48,57,61,78H,7-8,12-14,32-35,37-44H2,1-6H3,(H,68,74)(H,69,76)(H,70,75,77)/b30-25+/t47-,48+,57-,61-,63?,64?,65-,86?/m1/s1. The van der Waals surface area contributed by atoms with Gasteiger partial charge >= 0.3 is 5.69 Å². The van der Waals surface area contributed by atoms with Gasteiger partial charge in [-0.1, -0.05) is 79.6 Å². The molecule has 1 saturated heterocycles. The van der Waals surface area contributed by atoms with E-state index in [0.717, 1.165) is 68.1 Å². The molecule has 4 aliphatic carbocycles. The summed E-state index contributed by atoms with van der Waals surface area (Å²) in [6, 6.07) is 34.9. The Morgan fingerprint density at radius 2 is 1.45 bits per heavy atom. The normalized spacial score (nSPS) is 23.6. The number of amides is 2. The van der Waals surface area contributed by atoms with Crippen molar-refractivity contribution < 1.29 is 43.1 Å². The number of ether oxygens (including phenoxy) is 4. The van der Waals surface area contributed by atoms with Gasteiger partial charge in [0.1, 0.15) is 37.7 Å². The van der Waals surface area contributed by atoms with Gasteiger partial charge in [0, 0.05) is 62.3 Å². The molecule has 8 atom stereocenters. The maximum absolute atomic E-state index is 14.2. The van der Waals surface area contributed by atoms with Crippen LogP contribution in [0.4, 0.5) is 5.69 Å². The zero-order chi connectivity index (χ0) is 61.2. The van der Waals surface area contributed by atoms with Gasteiger partial charge in [-0.25, -0.2) is 4.79 Å². The van der Waals surface area contributed by atoms with E-state index >= 15 is 0 Å². The SMILES string of the molecule is COc1ccc(C(OC[C@H]2O[C@@H](n3c(/C=C/C(=O)NCCCCCCNC(=O)CC45C[C@H]6C[C@@H](C4)CC(c4ccc([N+](=O)[O-])cc4)(C6)C5)cc(=O)[nH]c3=O)C[C@@]2(O)P(OCCC#N)N(C(C)C)C(C)C)(c2ccccc2)c2ccc(OC)cc2)cc1. The largest absolute Gasteiger partial charge is 0.497 e. The summed E-state index contributed by atoms with van der Waals surface area (Å²) in [6.07, 6.45) is 10.1. The molecule has 86 heavy (non-hydrogen) atoms. The second-order valence-corrected chi connectivity index (χ2v) is 26.4. The molecule has 3 unspecified atom stereocenters. The number of aromatic nitrogens is 2. The Morgan fingerprint density at radius 1 is 0.860 bits per heavy atom. The maximum Gasteiger partial charge on any atom is 0.330 e. The molecule has 4 aromatic carbocycles. The molecule has 0 spiro atoms. The van der Waals surface area contributed by atoms with Crippen molar-refractivity contribution in [1.82, 2.24) is 24.9 Å². The van der Waals surface area contributed by atoms with E-state index in [4.69, 9.17) is 23.5 Å². The lowest BCUT2D eigenvalue weighted by atomic mass is 9.42. The Morgan fingerprint density at radius 3 is 2.02 bits per heavy atom. The number of aliphatic hydroxyl groups is 1. The number of aromatic amines is 1. The van der Waals surface area contributed by atoms with Crippen molar-refractivity contribution in [3.63, 3.8) is 0 Å². The van der Waals surface area contributed by atoms with Gasteiger partial charge in [-0.15, -0.1) is 0 Å². The summed E-state index contributed by atoms with van der Waals surface area (Å²) in [7, 11) is 1.13. The van der Waals surface area contributed by atoms with Crippen LogP contribution >= 0.6 is 8.30 Å². The molecule has 20 heteroatoms. The Labute approximate surface area is 504 Å². The number of methoxy groups -OCH3 is 2. The van der Waals surface area contributed by atoms with Gasteiger partial charge in [0.25, 0.3) is 11.2 Å². The summed E-state index contributed by atoms with van der Waals surface area (Å²) in [5.74, 6) is 2.02. The Kier molecular flexibility index (Phi) is 20.5. The van der Waals surface area contributed by atoms with Gasteiger partial charge in [-0.3, -0.25) is 38.7 Å². The summed E-state index contributed by atoms with van der Waals surface area (Å²) < 4.78 is 35.3. The number of nitriles is 1. The minimum Gasteiger partial charge on any atom is -0.497 e. The van der Waals surface area contributed by atoms with E-state index in [9.17, 15) is 39.7 Å². The summed E-state index contributed by atoms with van der Waals surface area (Å²) >= 11 is 0. The number of carbonyl (C=O) groups excluding carboxylic acids is 2. The zero-order valence-electron chi connectivity index (χ0n) is 50.2. The predicted molar refractivity (Wildman–Crippen MR) is 328 cm³/mol. The van der Waals surface area contributed by atoms with Crippen LogP contribution in [0, 0.1) is 38.7 Å². The lowest BCUT2D eigenvalue weighted by molar-refractivity contribution is -0.384. The first-order chi connectivity index (χ1) is 41.3.